The molecule has 4 nitrogen and oxygen atoms in total. The molecule has 0 aliphatic carbocycles. The fraction of sp³-hybridized carbons (Fsp3) is 0.409. The molecule has 0 radical (unpaired) electrons. The first-order valence-electron chi connectivity index (χ1n) is 9.76. The zero-order valence-electron chi connectivity index (χ0n) is 16.2. The van der Waals surface area contributed by atoms with Crippen molar-refractivity contribution in [2.24, 2.45) is 0 Å². The van der Waals surface area contributed by atoms with Crippen LogP contribution in [0.25, 0.3) is 0 Å². The number of hydrogen-bond acceptors (Lipinski definition) is 3. The largest absolute Gasteiger partial charge is 0.340 e. The predicted molar refractivity (Wildman–Crippen MR) is 106 cm³/mol. The van der Waals surface area contributed by atoms with Gasteiger partial charge in [-0.15, -0.1) is 0 Å². The highest BCUT2D eigenvalue weighted by molar-refractivity contribution is 5.76. The molecule has 28 heavy (non-hydrogen) atoms. The molecule has 0 aromatic heterocycles. The zero-order chi connectivity index (χ0) is 19.9. The Bertz CT molecular complexity index is 711. The Kier molecular flexibility index (Phi) is 7.12. The van der Waals surface area contributed by atoms with Gasteiger partial charge in [0.25, 0.3) is 0 Å². The number of nitrogens with one attached hydrogen (secondary N) is 1. The second kappa shape index (κ2) is 9.75. The first kappa shape index (κ1) is 20.4. The van der Waals surface area contributed by atoms with E-state index in [0.717, 1.165) is 37.2 Å². The Morgan fingerprint density at radius 1 is 0.929 bits per heavy atom. The number of carbonyl (C=O) groups excluding carboxylic acids is 1. The molecule has 1 aliphatic rings. The van der Waals surface area contributed by atoms with Crippen LogP contribution < -0.4 is 5.32 Å². The first-order chi connectivity index (χ1) is 13.6. The van der Waals surface area contributed by atoms with E-state index in [9.17, 15) is 13.6 Å². The highest BCUT2D eigenvalue weighted by Crippen LogP contribution is 2.30. The quantitative estimate of drug-likeness (QED) is 0.741. The molecule has 0 unspecified atom stereocenters. The predicted octanol–water partition coefficient (Wildman–Crippen LogP) is 3.20. The molecule has 150 valence electrons. The van der Waals surface area contributed by atoms with E-state index in [0.29, 0.717) is 19.5 Å². The maximum Gasteiger partial charge on any atom is 0.222 e. The van der Waals surface area contributed by atoms with Crippen molar-refractivity contribution in [2.75, 3.05) is 39.8 Å². The van der Waals surface area contributed by atoms with Gasteiger partial charge in [-0.3, -0.25) is 9.69 Å². The standard InChI is InChI=1S/C22H27F2N3O/c1-25-12-2-3-21(28)26-13-15-27(16-14-26)22(17-4-8-19(23)9-5-17)18-6-10-20(24)11-7-18/h4-11,22,25H,2-3,12-16H2,1H3. The smallest absolute Gasteiger partial charge is 0.222 e. The summed E-state index contributed by atoms with van der Waals surface area (Å²) in [4.78, 5) is 16.6. The first-order valence-corrected chi connectivity index (χ1v) is 9.76. The third-order valence-corrected chi connectivity index (χ3v) is 5.22. The van der Waals surface area contributed by atoms with E-state index >= 15 is 0 Å². The van der Waals surface area contributed by atoms with Crippen LogP contribution in [0, 0.1) is 11.6 Å². The minimum Gasteiger partial charge on any atom is -0.340 e. The lowest BCUT2D eigenvalue weighted by atomic mass is 9.96. The molecule has 1 heterocycles. The average Bonchev–Trinajstić information content (AvgIpc) is 2.71. The van der Waals surface area contributed by atoms with Gasteiger partial charge in [0.05, 0.1) is 6.04 Å². The number of halogens is 2. The molecule has 2 aromatic rings. The van der Waals surface area contributed by atoms with Crippen LogP contribution in [-0.2, 0) is 4.79 Å². The van der Waals surface area contributed by atoms with E-state index in [4.69, 9.17) is 0 Å². The van der Waals surface area contributed by atoms with Crippen molar-refractivity contribution < 1.29 is 13.6 Å². The van der Waals surface area contributed by atoms with E-state index in [-0.39, 0.29) is 23.6 Å². The summed E-state index contributed by atoms with van der Waals surface area (Å²) in [5, 5.41) is 3.06. The van der Waals surface area contributed by atoms with Crippen LogP contribution in [-0.4, -0.2) is 55.5 Å². The topological polar surface area (TPSA) is 35.6 Å². The Hall–Kier alpha value is -2.31. The lowest BCUT2D eigenvalue weighted by molar-refractivity contribution is -0.133. The highest BCUT2D eigenvalue weighted by Gasteiger charge is 2.28. The van der Waals surface area contributed by atoms with Crippen LogP contribution >= 0.6 is 0 Å². The summed E-state index contributed by atoms with van der Waals surface area (Å²) in [5.74, 6) is -0.368. The van der Waals surface area contributed by atoms with Crippen LogP contribution in [0.2, 0.25) is 0 Å². The number of rotatable bonds is 7. The fourth-order valence-corrected chi connectivity index (χ4v) is 3.71. The molecule has 6 heteroatoms. The van der Waals surface area contributed by atoms with Crippen molar-refractivity contribution in [2.45, 2.75) is 18.9 Å². The van der Waals surface area contributed by atoms with Crippen LogP contribution in [0.5, 0.6) is 0 Å². The molecular formula is C22H27F2N3O. The number of nitrogens with zero attached hydrogens (tertiary/aromatic N) is 2. The minimum atomic E-state index is -0.279. The maximum absolute atomic E-state index is 13.4. The number of carbonyl (C=O) groups is 1. The van der Waals surface area contributed by atoms with E-state index in [2.05, 4.69) is 10.2 Å². The van der Waals surface area contributed by atoms with Crippen LogP contribution in [0.1, 0.15) is 30.0 Å². The van der Waals surface area contributed by atoms with Gasteiger partial charge < -0.3 is 10.2 Å². The van der Waals surface area contributed by atoms with Gasteiger partial charge in [0, 0.05) is 32.6 Å². The summed E-state index contributed by atoms with van der Waals surface area (Å²) in [6, 6.07) is 12.8. The summed E-state index contributed by atoms with van der Waals surface area (Å²) >= 11 is 0. The molecule has 0 atom stereocenters. The lowest BCUT2D eigenvalue weighted by Crippen LogP contribution is -2.49. The summed E-state index contributed by atoms with van der Waals surface area (Å²) in [6.45, 7) is 3.60. The molecule has 3 rings (SSSR count). The summed E-state index contributed by atoms with van der Waals surface area (Å²) in [7, 11) is 1.88. The van der Waals surface area contributed by atoms with Gasteiger partial charge in [-0.05, 0) is 55.4 Å². The molecule has 1 N–H and O–H groups in total. The molecule has 0 bridgehead atoms. The van der Waals surface area contributed by atoms with Crippen LogP contribution in [0.4, 0.5) is 8.78 Å². The fourth-order valence-electron chi connectivity index (χ4n) is 3.71. The van der Waals surface area contributed by atoms with Gasteiger partial charge >= 0.3 is 0 Å². The van der Waals surface area contributed by atoms with Crippen LogP contribution in [0.3, 0.4) is 0 Å². The third-order valence-electron chi connectivity index (χ3n) is 5.22. The van der Waals surface area contributed by atoms with Gasteiger partial charge in [0.15, 0.2) is 0 Å². The molecule has 1 saturated heterocycles. The maximum atomic E-state index is 13.4. The van der Waals surface area contributed by atoms with Crippen molar-refractivity contribution in [1.29, 1.82) is 0 Å². The number of amides is 1. The Labute approximate surface area is 165 Å². The Balaban J connectivity index is 1.72. The Morgan fingerprint density at radius 3 is 1.89 bits per heavy atom. The van der Waals surface area contributed by atoms with Crippen molar-refractivity contribution >= 4 is 5.91 Å². The minimum absolute atomic E-state index is 0.0947. The van der Waals surface area contributed by atoms with Crippen molar-refractivity contribution in [3.05, 3.63) is 71.3 Å². The monoisotopic (exact) mass is 387 g/mol. The molecule has 1 fully saturated rings. The molecule has 2 aromatic carbocycles. The van der Waals surface area contributed by atoms with E-state index in [1.54, 1.807) is 24.3 Å². The highest BCUT2D eigenvalue weighted by atomic mass is 19.1. The van der Waals surface area contributed by atoms with E-state index in [1.807, 2.05) is 11.9 Å². The number of hydrogen-bond donors (Lipinski definition) is 1. The molecular weight excluding hydrogens is 360 g/mol. The van der Waals surface area contributed by atoms with E-state index < -0.39 is 0 Å². The Morgan fingerprint density at radius 2 is 1.43 bits per heavy atom. The molecule has 1 aliphatic heterocycles. The number of piperazine rings is 1. The third kappa shape index (κ3) is 5.14. The van der Waals surface area contributed by atoms with Crippen molar-refractivity contribution in [3.8, 4) is 0 Å². The normalized spacial score (nSPS) is 15.2. The van der Waals surface area contributed by atoms with Gasteiger partial charge in [-0.2, -0.15) is 0 Å². The molecule has 0 spiro atoms. The molecule has 1 amide bonds. The molecule has 0 saturated carbocycles. The zero-order valence-corrected chi connectivity index (χ0v) is 16.2. The van der Waals surface area contributed by atoms with Crippen molar-refractivity contribution in [1.82, 2.24) is 15.1 Å². The van der Waals surface area contributed by atoms with Crippen LogP contribution in [0.15, 0.2) is 48.5 Å². The number of benzene rings is 2. The van der Waals surface area contributed by atoms with Gasteiger partial charge in [-0.25, -0.2) is 8.78 Å². The SMILES string of the molecule is CNCCCC(=O)N1CCN(C(c2ccc(F)cc2)c2ccc(F)cc2)CC1. The van der Waals surface area contributed by atoms with Crippen molar-refractivity contribution in [3.63, 3.8) is 0 Å². The second-order valence-electron chi connectivity index (χ2n) is 7.13. The lowest BCUT2D eigenvalue weighted by Gasteiger charge is -2.40. The van der Waals surface area contributed by atoms with E-state index in [1.165, 1.54) is 24.3 Å². The summed E-state index contributed by atoms with van der Waals surface area (Å²) in [5.41, 5.74) is 1.92. The van der Waals surface area contributed by atoms with Gasteiger partial charge in [0.2, 0.25) is 5.91 Å². The summed E-state index contributed by atoms with van der Waals surface area (Å²) < 4.78 is 26.8. The van der Waals surface area contributed by atoms with Gasteiger partial charge in [0.1, 0.15) is 11.6 Å². The average molecular weight is 387 g/mol. The second-order valence-corrected chi connectivity index (χ2v) is 7.13. The van der Waals surface area contributed by atoms with Gasteiger partial charge in [-0.1, -0.05) is 24.3 Å². The summed E-state index contributed by atoms with van der Waals surface area (Å²) in [6.07, 6.45) is 1.39.